The molecule has 0 aromatic heterocycles. The summed E-state index contributed by atoms with van der Waals surface area (Å²) in [7, 11) is -1.46. The fourth-order valence-electron chi connectivity index (χ4n) is 5.13. The van der Waals surface area contributed by atoms with Gasteiger partial charge in [0.25, 0.3) is 10.0 Å². The van der Waals surface area contributed by atoms with Crippen LogP contribution in [-0.4, -0.2) is 58.5 Å². The predicted molar refractivity (Wildman–Crippen MR) is 189 cm³/mol. The summed E-state index contributed by atoms with van der Waals surface area (Å²) in [5.41, 5.74) is 2.66. The number of benzene rings is 4. The lowest BCUT2D eigenvalue weighted by Crippen LogP contribution is -2.53. The Morgan fingerprint density at radius 2 is 1.50 bits per heavy atom. The van der Waals surface area contributed by atoms with Gasteiger partial charge in [-0.1, -0.05) is 91.7 Å². The fraction of sp³-hybridized carbons (Fsp3) is 0.297. The first-order valence-corrected chi connectivity index (χ1v) is 17.4. The number of sulfonamides is 1. The van der Waals surface area contributed by atoms with Crippen LogP contribution in [0.4, 0.5) is 5.69 Å². The molecule has 0 aliphatic rings. The van der Waals surface area contributed by atoms with E-state index in [9.17, 15) is 18.0 Å². The van der Waals surface area contributed by atoms with Crippen molar-refractivity contribution in [2.24, 2.45) is 5.92 Å². The number of anilines is 1. The van der Waals surface area contributed by atoms with Crippen LogP contribution in [0.2, 0.25) is 5.02 Å². The van der Waals surface area contributed by atoms with Crippen LogP contribution in [0.3, 0.4) is 0 Å². The van der Waals surface area contributed by atoms with Gasteiger partial charge in [0, 0.05) is 30.6 Å². The molecule has 0 aliphatic carbocycles. The third kappa shape index (κ3) is 9.08. The first-order valence-electron chi connectivity index (χ1n) is 15.6. The lowest BCUT2D eigenvalue weighted by Gasteiger charge is -2.34. The van der Waals surface area contributed by atoms with E-state index in [2.05, 4.69) is 5.32 Å². The normalized spacial score (nSPS) is 11.9. The number of rotatable bonds is 15. The van der Waals surface area contributed by atoms with Crippen molar-refractivity contribution in [3.05, 3.63) is 119 Å². The van der Waals surface area contributed by atoms with Gasteiger partial charge in [0.05, 0.1) is 24.8 Å². The van der Waals surface area contributed by atoms with E-state index in [0.29, 0.717) is 22.9 Å². The van der Waals surface area contributed by atoms with Crippen LogP contribution in [0, 0.1) is 12.8 Å². The molecular formula is C37H42ClN3O6S. The molecule has 0 saturated carbocycles. The van der Waals surface area contributed by atoms with Crippen LogP contribution >= 0.6 is 11.6 Å². The minimum Gasteiger partial charge on any atom is -0.493 e. The molecule has 1 atom stereocenters. The van der Waals surface area contributed by atoms with Crippen molar-refractivity contribution >= 4 is 39.1 Å². The molecule has 4 aromatic rings. The number of nitrogens with zero attached hydrogens (tertiary/aromatic N) is 2. The third-order valence-corrected chi connectivity index (χ3v) is 9.94. The molecule has 0 radical (unpaired) electrons. The average molecular weight is 692 g/mol. The summed E-state index contributed by atoms with van der Waals surface area (Å²) in [6.45, 7) is 5.64. The Morgan fingerprint density at radius 1 is 0.854 bits per heavy atom. The Balaban J connectivity index is 1.83. The number of carbonyl (C=O) groups is 2. The lowest BCUT2D eigenvalue weighted by atomic mass is 10.0. The van der Waals surface area contributed by atoms with Gasteiger partial charge in [0.1, 0.15) is 12.6 Å². The van der Waals surface area contributed by atoms with Crippen molar-refractivity contribution in [3.8, 4) is 11.5 Å². The molecule has 4 aromatic carbocycles. The number of hydrogen-bond acceptors (Lipinski definition) is 6. The van der Waals surface area contributed by atoms with Crippen molar-refractivity contribution < 1.29 is 27.5 Å². The highest BCUT2D eigenvalue weighted by atomic mass is 35.5. The quantitative estimate of drug-likeness (QED) is 0.158. The van der Waals surface area contributed by atoms with E-state index in [1.54, 1.807) is 48.5 Å². The van der Waals surface area contributed by atoms with Gasteiger partial charge < -0.3 is 19.7 Å². The van der Waals surface area contributed by atoms with Crippen molar-refractivity contribution in [1.82, 2.24) is 10.2 Å². The monoisotopic (exact) mass is 691 g/mol. The van der Waals surface area contributed by atoms with Gasteiger partial charge in [0.15, 0.2) is 11.5 Å². The molecule has 0 heterocycles. The van der Waals surface area contributed by atoms with Gasteiger partial charge in [-0.25, -0.2) is 8.42 Å². The molecule has 11 heteroatoms. The van der Waals surface area contributed by atoms with Crippen LogP contribution in [-0.2, 0) is 32.6 Å². The molecule has 48 heavy (non-hydrogen) atoms. The number of halogens is 1. The maximum absolute atomic E-state index is 14.6. The topological polar surface area (TPSA) is 105 Å². The van der Waals surface area contributed by atoms with E-state index < -0.39 is 28.5 Å². The van der Waals surface area contributed by atoms with Gasteiger partial charge in [-0.2, -0.15) is 0 Å². The second kappa shape index (κ2) is 16.5. The standard InChI is InChI=1S/C37H42ClN3O6S/c1-26(2)23-39-37(43)33(21-28-11-7-6-8-12-28)40(24-29-13-9-10-14-32(29)38)36(42)25-41(30-17-15-27(3)16-18-30)48(44,45)31-19-20-34(46-4)35(22-31)47-5/h6-20,22,26,33H,21,23-25H2,1-5H3,(H,39,43)/t33-/m0/s1. The molecule has 4 rings (SSSR count). The Morgan fingerprint density at radius 3 is 2.12 bits per heavy atom. The summed E-state index contributed by atoms with van der Waals surface area (Å²) >= 11 is 6.58. The van der Waals surface area contributed by atoms with Crippen LogP contribution in [0.5, 0.6) is 11.5 Å². The highest BCUT2D eigenvalue weighted by molar-refractivity contribution is 7.92. The summed E-state index contributed by atoms with van der Waals surface area (Å²) in [6.07, 6.45) is 0.202. The summed E-state index contributed by atoms with van der Waals surface area (Å²) < 4.78 is 40.5. The lowest BCUT2D eigenvalue weighted by molar-refractivity contribution is -0.140. The van der Waals surface area contributed by atoms with E-state index in [-0.39, 0.29) is 41.1 Å². The maximum Gasteiger partial charge on any atom is 0.264 e. The second-order valence-corrected chi connectivity index (χ2v) is 14.1. The molecule has 1 N–H and O–H groups in total. The summed E-state index contributed by atoms with van der Waals surface area (Å²) in [4.78, 5) is 29.9. The Labute approximate surface area is 288 Å². The first-order chi connectivity index (χ1) is 22.9. The summed E-state index contributed by atoms with van der Waals surface area (Å²) in [5, 5.41) is 3.41. The van der Waals surface area contributed by atoms with Gasteiger partial charge in [-0.3, -0.25) is 13.9 Å². The minimum absolute atomic E-state index is 0.0246. The number of methoxy groups -OCH3 is 2. The van der Waals surface area contributed by atoms with Gasteiger partial charge in [-0.05, 0) is 54.3 Å². The molecule has 2 amide bonds. The number of carbonyl (C=O) groups excluding carboxylic acids is 2. The van der Waals surface area contributed by atoms with Gasteiger partial charge >= 0.3 is 0 Å². The SMILES string of the molecule is COc1ccc(S(=O)(=O)N(CC(=O)N(Cc2ccccc2Cl)[C@@H](Cc2ccccc2)C(=O)NCC(C)C)c2ccc(C)cc2)cc1OC. The zero-order chi connectivity index (χ0) is 34.8. The third-order valence-electron chi connectivity index (χ3n) is 7.80. The van der Waals surface area contributed by atoms with Gasteiger partial charge in [0.2, 0.25) is 11.8 Å². The molecule has 0 unspecified atom stereocenters. The van der Waals surface area contributed by atoms with Crippen molar-refractivity contribution in [1.29, 1.82) is 0 Å². The Kier molecular flexibility index (Phi) is 12.5. The zero-order valence-electron chi connectivity index (χ0n) is 27.9. The zero-order valence-corrected chi connectivity index (χ0v) is 29.4. The predicted octanol–water partition coefficient (Wildman–Crippen LogP) is 6.27. The van der Waals surface area contributed by atoms with E-state index in [4.69, 9.17) is 21.1 Å². The first kappa shape index (κ1) is 36.3. The van der Waals surface area contributed by atoms with Crippen molar-refractivity contribution in [3.63, 3.8) is 0 Å². The number of ether oxygens (including phenoxy) is 2. The molecule has 0 bridgehead atoms. The van der Waals surface area contributed by atoms with Crippen molar-refractivity contribution in [2.75, 3.05) is 31.6 Å². The fourth-order valence-corrected chi connectivity index (χ4v) is 6.76. The minimum atomic E-state index is -4.34. The van der Waals surface area contributed by atoms with Gasteiger partial charge in [-0.15, -0.1) is 0 Å². The number of amides is 2. The summed E-state index contributed by atoms with van der Waals surface area (Å²) in [5.74, 6) is -0.184. The molecule has 0 spiro atoms. The van der Waals surface area contributed by atoms with E-state index >= 15 is 0 Å². The average Bonchev–Trinajstić information content (AvgIpc) is 3.08. The molecule has 0 fully saturated rings. The van der Waals surface area contributed by atoms with Crippen LogP contribution in [0.25, 0.3) is 0 Å². The van der Waals surface area contributed by atoms with Crippen molar-refractivity contribution in [2.45, 2.75) is 44.7 Å². The highest BCUT2D eigenvalue weighted by Crippen LogP contribution is 2.33. The number of aryl methyl sites for hydroxylation is 1. The van der Waals surface area contributed by atoms with E-state index in [0.717, 1.165) is 15.4 Å². The van der Waals surface area contributed by atoms with Crippen LogP contribution in [0.15, 0.2) is 102 Å². The molecule has 0 aliphatic heterocycles. The molecule has 254 valence electrons. The van der Waals surface area contributed by atoms with E-state index in [1.165, 1.54) is 37.3 Å². The molecule has 9 nitrogen and oxygen atoms in total. The Bertz CT molecular complexity index is 1800. The van der Waals surface area contributed by atoms with Crippen LogP contribution < -0.4 is 19.1 Å². The summed E-state index contributed by atoms with van der Waals surface area (Å²) in [6, 6.07) is 26.6. The molecule has 0 saturated heterocycles. The molecular weight excluding hydrogens is 650 g/mol. The highest BCUT2D eigenvalue weighted by Gasteiger charge is 2.35. The maximum atomic E-state index is 14.6. The number of nitrogens with one attached hydrogen (secondary N) is 1. The second-order valence-electron chi connectivity index (χ2n) is 11.8. The van der Waals surface area contributed by atoms with E-state index in [1.807, 2.05) is 51.1 Å². The van der Waals surface area contributed by atoms with Crippen LogP contribution in [0.1, 0.15) is 30.5 Å². The Hall–Kier alpha value is -4.54. The smallest absolute Gasteiger partial charge is 0.264 e. The number of hydrogen-bond donors (Lipinski definition) is 1. The largest absolute Gasteiger partial charge is 0.493 e.